The number of nitrogens with zero attached hydrogens (tertiary/aromatic N) is 1. The lowest BCUT2D eigenvalue weighted by atomic mass is 9.75. The summed E-state index contributed by atoms with van der Waals surface area (Å²) < 4.78 is 67.8. The molecule has 2 saturated carbocycles. The predicted octanol–water partition coefficient (Wildman–Crippen LogP) is 1.93. The molecule has 2 aromatic rings. The Morgan fingerprint density at radius 3 is 2.55 bits per heavy atom. The fraction of sp³-hybridized carbons (Fsp3) is 0.400. The Balaban J connectivity index is 1.41. The second kappa shape index (κ2) is 8.76. The van der Waals surface area contributed by atoms with Crippen molar-refractivity contribution in [3.05, 3.63) is 65.2 Å². The van der Waals surface area contributed by atoms with Gasteiger partial charge in [-0.05, 0) is 67.0 Å². The first-order valence-electron chi connectivity index (χ1n) is 12.3. The lowest BCUT2D eigenvalue weighted by Gasteiger charge is -2.47. The molecule has 2 heterocycles. The van der Waals surface area contributed by atoms with E-state index in [0.29, 0.717) is 0 Å². The number of benzene rings is 2. The fourth-order valence-corrected chi connectivity index (χ4v) is 8.37. The van der Waals surface area contributed by atoms with Gasteiger partial charge in [-0.25, -0.2) is 21.2 Å². The third-order valence-corrected chi connectivity index (χ3v) is 10.0. The number of anilines is 2. The Hall–Kier alpha value is -3.00. The average Bonchev–Trinajstić information content (AvgIpc) is 3.45. The number of hydrogen-bond acceptors (Lipinski definition) is 8. The van der Waals surface area contributed by atoms with Crippen molar-refractivity contribution in [1.29, 1.82) is 0 Å². The highest BCUT2D eigenvalue weighted by Crippen LogP contribution is 2.54. The standard InChI is InChI=1S/C25H27FN4O6S2/c1-37(33,34)28-17-8-9-18-19(11-17)38(35,36)29-24(27-18)21-23(31)20-14-4-5-15(10-14)22(20)30(25(21)32)12-13-2-6-16(26)7-3-13/h2-3,6-9,11,14-15,20,22,25,27-29,32H,4-5,10,12H2,1H3. The number of fused-ring (bicyclic) bond motifs is 6. The van der Waals surface area contributed by atoms with Crippen LogP contribution in [0.15, 0.2) is 58.8 Å². The maximum absolute atomic E-state index is 13.8. The summed E-state index contributed by atoms with van der Waals surface area (Å²) in [7, 11) is -7.84. The molecule has 2 bridgehead atoms. The number of ketones is 1. The first-order valence-corrected chi connectivity index (χ1v) is 15.7. The van der Waals surface area contributed by atoms with Gasteiger partial charge >= 0.3 is 0 Å². The highest BCUT2D eigenvalue weighted by atomic mass is 32.2. The van der Waals surface area contributed by atoms with Crippen LogP contribution >= 0.6 is 0 Å². The van der Waals surface area contributed by atoms with Gasteiger partial charge in [0.05, 0.1) is 17.5 Å². The number of halogens is 1. The number of sulfonamides is 2. The molecule has 0 aromatic heterocycles. The van der Waals surface area contributed by atoms with Crippen molar-refractivity contribution in [2.24, 2.45) is 17.8 Å². The summed E-state index contributed by atoms with van der Waals surface area (Å²) >= 11 is 0. The van der Waals surface area contributed by atoms with Crippen LogP contribution < -0.4 is 14.8 Å². The molecule has 2 aliphatic carbocycles. The van der Waals surface area contributed by atoms with Crippen LogP contribution in [-0.4, -0.2) is 51.2 Å². The van der Waals surface area contributed by atoms with Crippen molar-refractivity contribution in [1.82, 2.24) is 9.62 Å². The van der Waals surface area contributed by atoms with Crippen LogP contribution in [0, 0.1) is 23.6 Å². The average molecular weight is 563 g/mol. The minimum absolute atomic E-state index is 0.0616. The van der Waals surface area contributed by atoms with E-state index in [0.717, 1.165) is 31.1 Å². The molecule has 0 radical (unpaired) electrons. The molecule has 4 N–H and O–H groups in total. The Kier molecular flexibility index (Phi) is 5.83. The summed E-state index contributed by atoms with van der Waals surface area (Å²) in [5.41, 5.74) is 0.914. The number of hydrogen-bond donors (Lipinski definition) is 4. The zero-order valence-electron chi connectivity index (χ0n) is 20.4. The molecule has 0 spiro atoms. The van der Waals surface area contributed by atoms with E-state index >= 15 is 0 Å². The molecule has 5 atom stereocenters. The highest BCUT2D eigenvalue weighted by molar-refractivity contribution is 7.92. The lowest BCUT2D eigenvalue weighted by molar-refractivity contribution is -0.137. The largest absolute Gasteiger partial charge is 0.374 e. The predicted molar refractivity (Wildman–Crippen MR) is 137 cm³/mol. The van der Waals surface area contributed by atoms with E-state index in [2.05, 4.69) is 14.8 Å². The number of rotatable bonds is 4. The summed E-state index contributed by atoms with van der Waals surface area (Å²) in [5.74, 6) is -0.771. The van der Waals surface area contributed by atoms with Gasteiger partial charge in [-0.1, -0.05) is 12.1 Å². The summed E-state index contributed by atoms with van der Waals surface area (Å²) in [6.07, 6.45) is 2.29. The van der Waals surface area contributed by atoms with Crippen molar-refractivity contribution in [3.8, 4) is 0 Å². The van der Waals surface area contributed by atoms with Crippen molar-refractivity contribution in [2.45, 2.75) is 43.0 Å². The highest BCUT2D eigenvalue weighted by Gasteiger charge is 2.58. The second-order valence-electron chi connectivity index (χ2n) is 10.5. The molecule has 4 aliphatic rings. The van der Waals surface area contributed by atoms with Crippen molar-refractivity contribution < 1.29 is 31.1 Å². The number of likely N-dealkylation sites (tertiary alicyclic amines) is 1. The Labute approximate surface area is 220 Å². The quantitative estimate of drug-likeness (QED) is 0.414. The minimum Gasteiger partial charge on any atom is -0.374 e. The van der Waals surface area contributed by atoms with Gasteiger partial charge in [0.25, 0.3) is 10.0 Å². The molecule has 6 rings (SSSR count). The fourth-order valence-electron chi connectivity index (χ4n) is 6.59. The third kappa shape index (κ3) is 4.27. The van der Waals surface area contributed by atoms with Gasteiger partial charge in [-0.15, -0.1) is 0 Å². The van der Waals surface area contributed by atoms with Gasteiger partial charge in [0.2, 0.25) is 10.0 Å². The van der Waals surface area contributed by atoms with E-state index < -0.39 is 26.3 Å². The maximum Gasteiger partial charge on any atom is 0.265 e. The Bertz CT molecular complexity index is 1580. The number of carbonyl (C=O) groups is 1. The summed E-state index contributed by atoms with van der Waals surface area (Å²) in [5, 5.41) is 14.5. The molecule has 5 unspecified atom stereocenters. The first kappa shape index (κ1) is 25.3. The molecule has 3 fully saturated rings. The van der Waals surface area contributed by atoms with Crippen molar-refractivity contribution in [2.75, 3.05) is 16.3 Å². The Morgan fingerprint density at radius 1 is 1.13 bits per heavy atom. The van der Waals surface area contributed by atoms with Gasteiger partial charge in [-0.3, -0.25) is 19.1 Å². The SMILES string of the molecule is CS(=O)(=O)Nc1ccc2c(c1)S(=O)(=O)NC(=C1C(=O)C3C4CCC(C4)C3N(Cc3ccc(F)cc3)C1O)N2. The normalized spacial score (nSPS) is 31.8. The van der Waals surface area contributed by atoms with E-state index in [1.54, 1.807) is 12.1 Å². The zero-order chi connectivity index (χ0) is 27.0. The van der Waals surface area contributed by atoms with E-state index in [-0.39, 0.29) is 69.6 Å². The van der Waals surface area contributed by atoms with E-state index in [9.17, 15) is 31.1 Å². The summed E-state index contributed by atoms with van der Waals surface area (Å²) in [6.45, 7) is 0.264. The van der Waals surface area contributed by atoms with Crippen LogP contribution in [0.3, 0.4) is 0 Å². The number of Topliss-reactive ketones (excluding diaryl/α,β-unsaturated/α-hetero) is 1. The molecule has 38 heavy (non-hydrogen) atoms. The van der Waals surface area contributed by atoms with Crippen LogP contribution in [-0.2, 0) is 31.4 Å². The monoisotopic (exact) mass is 562 g/mol. The van der Waals surface area contributed by atoms with Crippen LogP contribution in [0.1, 0.15) is 24.8 Å². The van der Waals surface area contributed by atoms with Gasteiger partial charge in [-0.2, -0.15) is 0 Å². The third-order valence-electron chi connectivity index (χ3n) is 8.01. The molecule has 0 amide bonds. The molecule has 1 saturated heterocycles. The van der Waals surface area contributed by atoms with E-state index in [4.69, 9.17) is 0 Å². The number of piperidine rings is 1. The zero-order valence-corrected chi connectivity index (χ0v) is 22.0. The van der Waals surface area contributed by atoms with Crippen LogP contribution in [0.25, 0.3) is 0 Å². The maximum atomic E-state index is 13.8. The molecule has 10 nitrogen and oxygen atoms in total. The number of nitrogens with one attached hydrogen (secondary N) is 3. The first-order chi connectivity index (χ1) is 17.9. The molecule has 2 aliphatic heterocycles. The summed E-state index contributed by atoms with van der Waals surface area (Å²) in [6, 6.07) is 9.74. The molecular weight excluding hydrogens is 535 g/mol. The van der Waals surface area contributed by atoms with Gasteiger partial charge in [0, 0.05) is 24.2 Å². The van der Waals surface area contributed by atoms with Gasteiger partial charge < -0.3 is 10.4 Å². The van der Waals surface area contributed by atoms with Gasteiger partial charge in [0.1, 0.15) is 22.8 Å². The molecule has 13 heteroatoms. The smallest absolute Gasteiger partial charge is 0.265 e. The topological polar surface area (TPSA) is 145 Å². The minimum atomic E-state index is -4.21. The summed E-state index contributed by atoms with van der Waals surface area (Å²) in [4.78, 5) is 15.5. The molecule has 2 aromatic carbocycles. The number of aliphatic hydroxyl groups is 1. The van der Waals surface area contributed by atoms with Gasteiger partial charge in [0.15, 0.2) is 5.78 Å². The van der Waals surface area contributed by atoms with Crippen molar-refractivity contribution in [3.63, 3.8) is 0 Å². The van der Waals surface area contributed by atoms with Crippen LogP contribution in [0.4, 0.5) is 15.8 Å². The molecular formula is C25H27FN4O6S2. The van der Waals surface area contributed by atoms with Crippen molar-refractivity contribution >= 4 is 37.2 Å². The lowest BCUT2D eigenvalue weighted by Crippen LogP contribution is -2.59. The number of carbonyl (C=O) groups excluding carboxylic acids is 1. The Morgan fingerprint density at radius 2 is 1.84 bits per heavy atom. The van der Waals surface area contributed by atoms with E-state index in [1.807, 2.05) is 4.90 Å². The molecule has 202 valence electrons. The van der Waals surface area contributed by atoms with E-state index in [1.165, 1.54) is 30.3 Å². The van der Waals surface area contributed by atoms with Crippen LogP contribution in [0.5, 0.6) is 0 Å². The second-order valence-corrected chi connectivity index (χ2v) is 13.9. The number of aliphatic hydroxyl groups excluding tert-OH is 1. The van der Waals surface area contributed by atoms with Crippen LogP contribution in [0.2, 0.25) is 0 Å².